The first kappa shape index (κ1) is 36.1. The van der Waals surface area contributed by atoms with Crippen molar-refractivity contribution in [2.24, 2.45) is 13.0 Å². The second kappa shape index (κ2) is 16.4. The molecule has 0 saturated heterocycles. The lowest BCUT2D eigenvalue weighted by Gasteiger charge is -2.35. The molecule has 256 valence electrons. The second-order valence-electron chi connectivity index (χ2n) is 12.4. The maximum absolute atomic E-state index is 14.3. The number of aliphatic hydroxyl groups is 1. The summed E-state index contributed by atoms with van der Waals surface area (Å²) in [6.45, 7) is 5.92. The molecule has 4 rings (SSSR count). The van der Waals surface area contributed by atoms with E-state index >= 15 is 0 Å². The quantitative estimate of drug-likeness (QED) is 0.351. The minimum Gasteiger partial charge on any atom is -0.490 e. The van der Waals surface area contributed by atoms with Crippen molar-refractivity contribution in [3.8, 4) is 5.75 Å². The van der Waals surface area contributed by atoms with Gasteiger partial charge < -0.3 is 29.4 Å². The molecule has 2 heterocycles. The first-order chi connectivity index (χ1) is 22.4. The van der Waals surface area contributed by atoms with Gasteiger partial charge in [0.15, 0.2) is 5.03 Å². The maximum Gasteiger partial charge on any atom is 0.261 e. The zero-order valence-electron chi connectivity index (χ0n) is 27.8. The number of ether oxygens (including phenoxy) is 2. The molecule has 1 aliphatic rings. The van der Waals surface area contributed by atoms with Crippen molar-refractivity contribution in [2.75, 3.05) is 38.7 Å². The van der Waals surface area contributed by atoms with Crippen molar-refractivity contribution in [1.82, 2.24) is 18.8 Å². The van der Waals surface area contributed by atoms with Gasteiger partial charge >= 0.3 is 0 Å². The lowest BCUT2D eigenvalue weighted by Crippen LogP contribution is -2.48. The Morgan fingerprint density at radius 1 is 1.17 bits per heavy atom. The standard InChI is InChI=1S/C34H47N5O7S/c1-24-19-39(25(2)22-40)34(42)29-18-28(36-32(41)17-27-12-7-6-8-13-27)14-15-30(29)46-26(3)11-9-10-16-45-31(24)20-38(5)47(43,44)33-21-37(4)23-35-33/h6-8,12-15,18,21,23-26,31,40H,9-11,16-17,19-20,22H2,1-5H3,(H,36,41)/t24-,25+,26+,31+/m0/s1. The molecule has 12 nitrogen and oxygen atoms in total. The number of carbonyl (C=O) groups excluding carboxylic acids is 2. The summed E-state index contributed by atoms with van der Waals surface area (Å²) in [4.78, 5) is 32.8. The Bertz CT molecular complexity index is 1600. The molecule has 1 aliphatic heterocycles. The van der Waals surface area contributed by atoms with Crippen LogP contribution in [0.2, 0.25) is 0 Å². The van der Waals surface area contributed by atoms with Crippen LogP contribution in [0.5, 0.6) is 5.75 Å². The zero-order chi connectivity index (χ0) is 34.1. The fraction of sp³-hybridized carbons (Fsp3) is 0.500. The van der Waals surface area contributed by atoms with E-state index in [0.29, 0.717) is 24.5 Å². The first-order valence-corrected chi connectivity index (χ1v) is 17.4. The van der Waals surface area contributed by atoms with Crippen LogP contribution in [-0.4, -0.2) is 95.7 Å². The number of likely N-dealkylation sites (N-methyl/N-ethyl adjacent to an activating group) is 1. The Hall–Kier alpha value is -3.78. The Labute approximate surface area is 277 Å². The Morgan fingerprint density at radius 2 is 1.91 bits per heavy atom. The minimum atomic E-state index is -3.88. The van der Waals surface area contributed by atoms with E-state index in [2.05, 4.69) is 10.3 Å². The summed E-state index contributed by atoms with van der Waals surface area (Å²) in [7, 11) is -0.683. The third kappa shape index (κ3) is 9.63. The summed E-state index contributed by atoms with van der Waals surface area (Å²) in [6.07, 6.45) is 4.54. The number of benzene rings is 2. The largest absolute Gasteiger partial charge is 0.490 e. The monoisotopic (exact) mass is 669 g/mol. The molecule has 13 heteroatoms. The van der Waals surface area contributed by atoms with Crippen LogP contribution in [-0.2, 0) is 33.0 Å². The Kier molecular flexibility index (Phi) is 12.6. The highest BCUT2D eigenvalue weighted by atomic mass is 32.2. The van der Waals surface area contributed by atoms with Crippen molar-refractivity contribution in [2.45, 2.75) is 69.7 Å². The fourth-order valence-electron chi connectivity index (χ4n) is 5.48. The normalized spacial score (nSPS) is 20.6. The van der Waals surface area contributed by atoms with Gasteiger partial charge in [0.05, 0.1) is 43.2 Å². The topological polar surface area (TPSA) is 143 Å². The number of imidazole rings is 1. The zero-order valence-corrected chi connectivity index (χ0v) is 28.7. The van der Waals surface area contributed by atoms with Gasteiger partial charge in [-0.15, -0.1) is 0 Å². The molecular formula is C34H47N5O7S. The number of sulfonamides is 1. The molecule has 0 unspecified atom stereocenters. The van der Waals surface area contributed by atoms with Gasteiger partial charge in [-0.3, -0.25) is 9.59 Å². The summed E-state index contributed by atoms with van der Waals surface area (Å²) in [5.41, 5.74) is 1.57. The molecule has 2 aromatic carbocycles. The third-order valence-corrected chi connectivity index (χ3v) is 10.0. The second-order valence-corrected chi connectivity index (χ2v) is 14.4. The average molecular weight is 670 g/mol. The first-order valence-electron chi connectivity index (χ1n) is 16.0. The predicted molar refractivity (Wildman–Crippen MR) is 179 cm³/mol. The number of nitrogens with one attached hydrogen (secondary N) is 1. The van der Waals surface area contributed by atoms with Crippen LogP contribution in [0.4, 0.5) is 5.69 Å². The number of aliphatic hydroxyl groups excluding tert-OH is 1. The summed E-state index contributed by atoms with van der Waals surface area (Å²) < 4.78 is 42.0. The lowest BCUT2D eigenvalue weighted by molar-refractivity contribution is -0.115. The number of hydrogen-bond acceptors (Lipinski definition) is 8. The molecule has 4 atom stereocenters. The molecule has 2 amide bonds. The molecule has 0 radical (unpaired) electrons. The van der Waals surface area contributed by atoms with Crippen LogP contribution in [0.15, 0.2) is 66.1 Å². The Morgan fingerprint density at radius 3 is 2.60 bits per heavy atom. The van der Waals surface area contributed by atoms with Crippen molar-refractivity contribution in [3.63, 3.8) is 0 Å². The molecule has 0 fully saturated rings. The van der Waals surface area contributed by atoms with E-state index in [9.17, 15) is 23.1 Å². The predicted octanol–water partition coefficient (Wildman–Crippen LogP) is 3.72. The number of aromatic nitrogens is 2. The summed E-state index contributed by atoms with van der Waals surface area (Å²) in [5.74, 6) is -0.547. The number of anilines is 1. The fourth-order valence-corrected chi connectivity index (χ4v) is 6.62. The molecule has 0 bridgehead atoms. The highest BCUT2D eigenvalue weighted by Crippen LogP contribution is 2.29. The van der Waals surface area contributed by atoms with Crippen LogP contribution in [0.3, 0.4) is 0 Å². The van der Waals surface area contributed by atoms with Gasteiger partial charge in [-0.1, -0.05) is 37.3 Å². The highest BCUT2D eigenvalue weighted by molar-refractivity contribution is 7.89. The van der Waals surface area contributed by atoms with E-state index in [1.165, 1.54) is 23.9 Å². The van der Waals surface area contributed by atoms with Crippen molar-refractivity contribution in [1.29, 1.82) is 0 Å². The number of amides is 2. The van der Waals surface area contributed by atoms with Crippen LogP contribution in [0, 0.1) is 5.92 Å². The van der Waals surface area contributed by atoms with Gasteiger partial charge in [-0.2, -0.15) is 4.31 Å². The van der Waals surface area contributed by atoms with Crippen LogP contribution in [0.1, 0.15) is 56.0 Å². The SMILES string of the molecule is C[C@@H]1CCCCO[C@H](CN(C)S(=O)(=O)c2cn(C)cn2)[C@@H](C)CN([C@H](C)CO)C(=O)c2cc(NC(=O)Cc3ccccc3)ccc2O1. The van der Waals surface area contributed by atoms with Crippen molar-refractivity contribution >= 4 is 27.5 Å². The van der Waals surface area contributed by atoms with Crippen LogP contribution >= 0.6 is 0 Å². The van der Waals surface area contributed by atoms with E-state index in [1.807, 2.05) is 44.2 Å². The van der Waals surface area contributed by atoms with E-state index in [4.69, 9.17) is 9.47 Å². The molecule has 2 N–H and O–H groups in total. The summed E-state index contributed by atoms with van der Waals surface area (Å²) in [6, 6.07) is 13.8. The van der Waals surface area contributed by atoms with Gasteiger partial charge in [0, 0.05) is 51.6 Å². The number of hydrogen-bond donors (Lipinski definition) is 2. The van der Waals surface area contributed by atoms with E-state index in [1.54, 1.807) is 41.6 Å². The third-order valence-electron chi connectivity index (χ3n) is 8.34. The number of rotatable bonds is 9. The summed E-state index contributed by atoms with van der Waals surface area (Å²) in [5, 5.41) is 13.0. The van der Waals surface area contributed by atoms with E-state index in [-0.39, 0.29) is 60.5 Å². The molecule has 47 heavy (non-hydrogen) atoms. The minimum absolute atomic E-state index is 0.0449. The van der Waals surface area contributed by atoms with Crippen molar-refractivity contribution in [3.05, 3.63) is 72.2 Å². The summed E-state index contributed by atoms with van der Waals surface area (Å²) >= 11 is 0. The van der Waals surface area contributed by atoms with Gasteiger partial charge in [0.2, 0.25) is 5.91 Å². The number of nitrogens with zero attached hydrogens (tertiary/aromatic N) is 4. The van der Waals surface area contributed by atoms with Gasteiger partial charge in [-0.05, 0) is 56.9 Å². The van der Waals surface area contributed by atoms with Crippen LogP contribution in [0.25, 0.3) is 0 Å². The number of carbonyl (C=O) groups is 2. The molecule has 3 aromatic rings. The van der Waals surface area contributed by atoms with E-state index in [0.717, 1.165) is 18.4 Å². The van der Waals surface area contributed by atoms with Crippen LogP contribution < -0.4 is 10.1 Å². The lowest BCUT2D eigenvalue weighted by atomic mass is 10.0. The van der Waals surface area contributed by atoms with Gasteiger partial charge in [0.1, 0.15) is 5.75 Å². The maximum atomic E-state index is 14.3. The molecule has 0 spiro atoms. The number of fused-ring (bicyclic) bond motifs is 1. The van der Waals surface area contributed by atoms with E-state index < -0.39 is 22.2 Å². The average Bonchev–Trinajstić information content (AvgIpc) is 3.49. The Balaban J connectivity index is 1.62. The highest BCUT2D eigenvalue weighted by Gasteiger charge is 2.33. The van der Waals surface area contributed by atoms with Crippen molar-refractivity contribution < 1.29 is 32.6 Å². The smallest absolute Gasteiger partial charge is 0.261 e. The molecule has 0 aliphatic carbocycles. The molecule has 0 saturated carbocycles. The van der Waals surface area contributed by atoms with Gasteiger partial charge in [-0.25, -0.2) is 13.4 Å². The van der Waals surface area contributed by atoms with Gasteiger partial charge in [0.25, 0.3) is 15.9 Å². The molecule has 1 aromatic heterocycles. The number of aryl methyl sites for hydroxylation is 1. The molecular weight excluding hydrogens is 622 g/mol.